The lowest BCUT2D eigenvalue weighted by atomic mass is 10.1. The molecule has 3 heteroatoms. The Labute approximate surface area is 137 Å². The molecule has 1 aromatic carbocycles. The summed E-state index contributed by atoms with van der Waals surface area (Å²) in [6.07, 6.45) is 12.0. The van der Waals surface area contributed by atoms with Gasteiger partial charge in [0.2, 0.25) is 0 Å². The largest absolute Gasteiger partial charge is 0.257 e. The summed E-state index contributed by atoms with van der Waals surface area (Å²) in [5, 5.41) is 0. The molecule has 2 aromatic rings. The monoisotopic (exact) mass is 310 g/mol. The molecule has 0 saturated carbocycles. The first kappa shape index (κ1) is 17.1. The SMILES string of the molecule is C=CCc1cnc(-c2ccc(C=CCCCC(C)F)cc2)cn1. The van der Waals surface area contributed by atoms with Crippen LogP contribution in [0.1, 0.15) is 37.4 Å². The van der Waals surface area contributed by atoms with Crippen molar-refractivity contribution in [1.29, 1.82) is 0 Å². The highest BCUT2D eigenvalue weighted by molar-refractivity contribution is 5.61. The minimum absolute atomic E-state index is 0.629. The molecule has 1 heterocycles. The molecule has 120 valence electrons. The third-order valence-electron chi connectivity index (χ3n) is 3.55. The number of rotatable bonds is 8. The highest BCUT2D eigenvalue weighted by Gasteiger charge is 2.00. The summed E-state index contributed by atoms with van der Waals surface area (Å²) < 4.78 is 12.7. The van der Waals surface area contributed by atoms with Crippen LogP contribution in [0.2, 0.25) is 0 Å². The first-order valence-electron chi connectivity index (χ1n) is 8.02. The highest BCUT2D eigenvalue weighted by atomic mass is 19.1. The molecule has 0 spiro atoms. The Bertz CT molecular complexity index is 628. The van der Waals surface area contributed by atoms with Crippen LogP contribution in [0.5, 0.6) is 0 Å². The molecule has 0 N–H and O–H groups in total. The van der Waals surface area contributed by atoms with E-state index in [2.05, 4.69) is 40.8 Å². The summed E-state index contributed by atoms with van der Waals surface area (Å²) >= 11 is 0. The Hall–Kier alpha value is -2.29. The number of halogens is 1. The fraction of sp³-hybridized carbons (Fsp3) is 0.300. The first-order valence-corrected chi connectivity index (χ1v) is 8.02. The van der Waals surface area contributed by atoms with Crippen LogP contribution in [0.25, 0.3) is 17.3 Å². The summed E-state index contributed by atoms with van der Waals surface area (Å²) in [5.74, 6) is 0. The number of alkyl halides is 1. The molecule has 23 heavy (non-hydrogen) atoms. The molecule has 2 rings (SSSR count). The number of hydrogen-bond acceptors (Lipinski definition) is 2. The molecule has 0 bridgehead atoms. The third kappa shape index (κ3) is 5.78. The van der Waals surface area contributed by atoms with Gasteiger partial charge in [0.05, 0.1) is 23.8 Å². The zero-order chi connectivity index (χ0) is 16.5. The average Bonchev–Trinajstić information content (AvgIpc) is 2.56. The molecular weight excluding hydrogens is 287 g/mol. The van der Waals surface area contributed by atoms with Crippen molar-refractivity contribution < 1.29 is 4.39 Å². The van der Waals surface area contributed by atoms with E-state index in [1.165, 1.54) is 0 Å². The van der Waals surface area contributed by atoms with Crippen molar-refractivity contribution in [2.24, 2.45) is 0 Å². The Morgan fingerprint density at radius 3 is 2.57 bits per heavy atom. The Morgan fingerprint density at radius 2 is 1.96 bits per heavy atom. The number of hydrogen-bond donors (Lipinski definition) is 0. The van der Waals surface area contributed by atoms with Crippen molar-refractivity contribution >= 4 is 6.08 Å². The van der Waals surface area contributed by atoms with E-state index in [1.54, 1.807) is 19.3 Å². The van der Waals surface area contributed by atoms with Gasteiger partial charge in [-0.3, -0.25) is 9.97 Å². The maximum atomic E-state index is 12.7. The number of nitrogens with zero attached hydrogens (tertiary/aromatic N) is 2. The molecule has 0 fully saturated rings. The van der Waals surface area contributed by atoms with Gasteiger partial charge in [-0.05, 0) is 31.7 Å². The van der Waals surface area contributed by atoms with Gasteiger partial charge in [-0.15, -0.1) is 6.58 Å². The van der Waals surface area contributed by atoms with Crippen LogP contribution in [-0.2, 0) is 6.42 Å². The molecule has 0 amide bonds. The van der Waals surface area contributed by atoms with Crippen molar-refractivity contribution in [2.75, 3.05) is 0 Å². The van der Waals surface area contributed by atoms with E-state index in [-0.39, 0.29) is 0 Å². The number of unbranched alkanes of at least 4 members (excludes halogenated alkanes) is 1. The van der Waals surface area contributed by atoms with Crippen LogP contribution < -0.4 is 0 Å². The lowest BCUT2D eigenvalue weighted by Crippen LogP contribution is -1.91. The second-order valence-corrected chi connectivity index (χ2v) is 5.62. The predicted molar refractivity (Wildman–Crippen MR) is 94.8 cm³/mol. The van der Waals surface area contributed by atoms with Gasteiger partial charge in [0.15, 0.2) is 0 Å². The molecule has 2 nitrogen and oxygen atoms in total. The number of benzene rings is 1. The van der Waals surface area contributed by atoms with Crippen molar-refractivity contribution in [1.82, 2.24) is 9.97 Å². The van der Waals surface area contributed by atoms with Gasteiger partial charge in [0, 0.05) is 18.2 Å². The predicted octanol–water partition coefficient (Wildman–Crippen LogP) is 5.41. The lowest BCUT2D eigenvalue weighted by Gasteiger charge is -2.02. The van der Waals surface area contributed by atoms with E-state index in [0.29, 0.717) is 6.42 Å². The van der Waals surface area contributed by atoms with Crippen molar-refractivity contribution in [3.8, 4) is 11.3 Å². The molecule has 1 unspecified atom stereocenters. The molecule has 0 aliphatic carbocycles. The molecule has 1 atom stereocenters. The maximum Gasteiger partial charge on any atom is 0.0973 e. The molecular formula is C20H23FN2. The van der Waals surface area contributed by atoms with Gasteiger partial charge in [0.1, 0.15) is 0 Å². The number of allylic oxidation sites excluding steroid dienone is 2. The van der Waals surface area contributed by atoms with Crippen molar-refractivity contribution in [3.63, 3.8) is 0 Å². The van der Waals surface area contributed by atoms with E-state index in [0.717, 1.165) is 41.8 Å². The summed E-state index contributed by atoms with van der Waals surface area (Å²) in [4.78, 5) is 8.81. The topological polar surface area (TPSA) is 25.8 Å². The first-order chi connectivity index (χ1) is 11.2. The van der Waals surface area contributed by atoms with Crippen LogP contribution in [-0.4, -0.2) is 16.1 Å². The molecule has 0 aliphatic heterocycles. The van der Waals surface area contributed by atoms with Crippen LogP contribution in [0.3, 0.4) is 0 Å². The average molecular weight is 310 g/mol. The zero-order valence-corrected chi connectivity index (χ0v) is 13.6. The normalized spacial score (nSPS) is 12.4. The van der Waals surface area contributed by atoms with E-state index in [1.807, 2.05) is 18.2 Å². The second-order valence-electron chi connectivity index (χ2n) is 5.62. The summed E-state index contributed by atoms with van der Waals surface area (Å²) in [6.45, 7) is 5.30. The lowest BCUT2D eigenvalue weighted by molar-refractivity contribution is 0.335. The van der Waals surface area contributed by atoms with Gasteiger partial charge in [-0.1, -0.05) is 42.5 Å². The minimum Gasteiger partial charge on any atom is -0.257 e. The third-order valence-corrected chi connectivity index (χ3v) is 3.55. The fourth-order valence-corrected chi connectivity index (χ4v) is 2.26. The van der Waals surface area contributed by atoms with Gasteiger partial charge < -0.3 is 0 Å². The smallest absolute Gasteiger partial charge is 0.0973 e. The van der Waals surface area contributed by atoms with E-state index < -0.39 is 6.17 Å². The van der Waals surface area contributed by atoms with Crippen LogP contribution in [0.15, 0.2) is 55.4 Å². The summed E-state index contributed by atoms with van der Waals surface area (Å²) in [6, 6.07) is 8.20. The fourth-order valence-electron chi connectivity index (χ4n) is 2.26. The Balaban J connectivity index is 1.93. The van der Waals surface area contributed by atoms with Gasteiger partial charge >= 0.3 is 0 Å². The maximum absolute atomic E-state index is 12.7. The van der Waals surface area contributed by atoms with Crippen molar-refractivity contribution in [2.45, 2.75) is 38.8 Å². The van der Waals surface area contributed by atoms with Gasteiger partial charge in [-0.2, -0.15) is 0 Å². The van der Waals surface area contributed by atoms with E-state index >= 15 is 0 Å². The molecule has 0 aliphatic rings. The van der Waals surface area contributed by atoms with E-state index in [4.69, 9.17) is 0 Å². The molecule has 0 radical (unpaired) electrons. The van der Waals surface area contributed by atoms with Gasteiger partial charge in [-0.25, -0.2) is 4.39 Å². The Kier molecular flexibility index (Phi) is 6.67. The second kappa shape index (κ2) is 8.99. The van der Waals surface area contributed by atoms with E-state index in [9.17, 15) is 4.39 Å². The summed E-state index contributed by atoms with van der Waals surface area (Å²) in [7, 11) is 0. The van der Waals surface area contributed by atoms with Crippen LogP contribution in [0, 0.1) is 0 Å². The zero-order valence-electron chi connectivity index (χ0n) is 13.6. The van der Waals surface area contributed by atoms with Crippen LogP contribution >= 0.6 is 0 Å². The quantitative estimate of drug-likeness (QED) is 0.481. The van der Waals surface area contributed by atoms with Gasteiger partial charge in [0.25, 0.3) is 0 Å². The van der Waals surface area contributed by atoms with Crippen LogP contribution in [0.4, 0.5) is 4.39 Å². The Morgan fingerprint density at radius 1 is 1.17 bits per heavy atom. The number of aromatic nitrogens is 2. The minimum atomic E-state index is -0.707. The van der Waals surface area contributed by atoms with Crippen molar-refractivity contribution in [3.05, 3.63) is 66.6 Å². The molecule has 1 aromatic heterocycles. The molecule has 0 saturated heterocycles. The highest BCUT2D eigenvalue weighted by Crippen LogP contribution is 2.17. The standard InChI is InChI=1S/C20H23FN2/c1-3-7-19-14-23-20(15-22-19)18-12-10-17(11-13-18)9-6-4-5-8-16(2)21/h3,6,9-16H,1,4-5,7-8H2,2H3. The summed E-state index contributed by atoms with van der Waals surface area (Å²) in [5.41, 5.74) is 3.97.